The minimum Gasteiger partial charge on any atom is -0.466 e. The van der Waals surface area contributed by atoms with Crippen LogP contribution in [0.25, 0.3) is 0 Å². The van der Waals surface area contributed by atoms with Gasteiger partial charge in [0.25, 0.3) is 0 Å². The maximum Gasteiger partial charge on any atom is 0.307 e. The Morgan fingerprint density at radius 1 is 1.22 bits per heavy atom. The molecule has 0 aliphatic heterocycles. The molecule has 0 saturated carbocycles. The first-order chi connectivity index (χ1) is 10.6. The van der Waals surface area contributed by atoms with Crippen molar-refractivity contribution < 1.29 is 14.3 Å². The number of ether oxygens (including phenoxy) is 2. The summed E-state index contributed by atoms with van der Waals surface area (Å²) in [4.78, 5) is 11.5. The van der Waals surface area contributed by atoms with E-state index < -0.39 is 6.04 Å². The fourth-order valence-corrected chi connectivity index (χ4v) is 2.15. The molecule has 0 aliphatic rings. The van der Waals surface area contributed by atoms with Crippen molar-refractivity contribution in [3.05, 3.63) is 59.1 Å². The predicted molar refractivity (Wildman–Crippen MR) is 93.4 cm³/mol. The van der Waals surface area contributed by atoms with Gasteiger partial charge >= 0.3 is 5.97 Å². The minimum absolute atomic E-state index is 0. The zero-order chi connectivity index (χ0) is 15.9. The number of nitrogens with two attached hydrogens (primary N) is 1. The molecule has 2 N–H and O–H groups in total. The van der Waals surface area contributed by atoms with Crippen LogP contribution in [0.4, 0.5) is 0 Å². The van der Waals surface area contributed by atoms with E-state index in [9.17, 15) is 4.79 Å². The van der Waals surface area contributed by atoms with Crippen LogP contribution in [0.15, 0.2) is 48.5 Å². The van der Waals surface area contributed by atoms with Crippen LogP contribution in [0.1, 0.15) is 24.9 Å². The average Bonchev–Trinajstić information content (AvgIpc) is 2.50. The molecule has 0 amide bonds. The van der Waals surface area contributed by atoms with E-state index in [4.69, 9.17) is 26.8 Å². The van der Waals surface area contributed by atoms with Gasteiger partial charge in [0.05, 0.1) is 18.1 Å². The van der Waals surface area contributed by atoms with E-state index in [0.717, 1.165) is 5.56 Å². The fourth-order valence-electron chi connectivity index (χ4n) is 1.98. The van der Waals surface area contributed by atoms with Crippen LogP contribution < -0.4 is 10.5 Å². The fraction of sp³-hybridized carbons (Fsp3) is 0.235. The largest absolute Gasteiger partial charge is 0.466 e. The molecule has 0 bridgehead atoms. The van der Waals surface area contributed by atoms with Crippen LogP contribution in [0.5, 0.6) is 11.5 Å². The molecule has 2 rings (SSSR count). The molecular weight excluding hydrogens is 337 g/mol. The van der Waals surface area contributed by atoms with E-state index in [-0.39, 0.29) is 24.8 Å². The van der Waals surface area contributed by atoms with Crippen molar-refractivity contribution in [2.45, 2.75) is 19.4 Å². The summed E-state index contributed by atoms with van der Waals surface area (Å²) in [6.45, 7) is 2.11. The second-order valence-corrected chi connectivity index (χ2v) is 5.13. The third-order valence-electron chi connectivity index (χ3n) is 3.04. The predicted octanol–water partition coefficient (Wildman–Crippen LogP) is 4.51. The number of hydrogen-bond donors (Lipinski definition) is 1. The average molecular weight is 356 g/mol. The van der Waals surface area contributed by atoms with Crippen LogP contribution >= 0.6 is 24.0 Å². The first kappa shape index (κ1) is 19.3. The molecule has 2 aromatic carbocycles. The van der Waals surface area contributed by atoms with E-state index in [0.29, 0.717) is 23.1 Å². The molecule has 1 unspecified atom stereocenters. The van der Waals surface area contributed by atoms with Gasteiger partial charge in [0.15, 0.2) is 0 Å². The monoisotopic (exact) mass is 355 g/mol. The molecule has 1 atom stereocenters. The van der Waals surface area contributed by atoms with Crippen molar-refractivity contribution in [2.75, 3.05) is 6.61 Å². The van der Waals surface area contributed by atoms with Crippen molar-refractivity contribution in [3.8, 4) is 11.5 Å². The lowest BCUT2D eigenvalue weighted by atomic mass is 10.0. The lowest BCUT2D eigenvalue weighted by Crippen LogP contribution is -2.17. The molecule has 0 aromatic heterocycles. The second-order valence-electron chi connectivity index (χ2n) is 4.72. The van der Waals surface area contributed by atoms with Gasteiger partial charge in [-0.3, -0.25) is 4.79 Å². The van der Waals surface area contributed by atoms with Gasteiger partial charge in [-0.2, -0.15) is 0 Å². The molecular formula is C17H19Cl2NO3. The molecule has 0 saturated heterocycles. The van der Waals surface area contributed by atoms with Crippen LogP contribution in [0.3, 0.4) is 0 Å². The molecule has 4 nitrogen and oxygen atoms in total. The van der Waals surface area contributed by atoms with Gasteiger partial charge in [0, 0.05) is 6.04 Å². The van der Waals surface area contributed by atoms with Crippen LogP contribution in [-0.4, -0.2) is 12.6 Å². The van der Waals surface area contributed by atoms with Crippen LogP contribution in [0.2, 0.25) is 5.02 Å². The molecule has 2 aromatic rings. The Hall–Kier alpha value is -1.75. The summed E-state index contributed by atoms with van der Waals surface area (Å²) >= 11 is 6.07. The highest BCUT2D eigenvalue weighted by molar-refractivity contribution is 6.32. The van der Waals surface area contributed by atoms with Crippen molar-refractivity contribution in [3.63, 3.8) is 0 Å². The van der Waals surface area contributed by atoms with E-state index in [1.807, 2.05) is 30.3 Å². The first-order valence-electron chi connectivity index (χ1n) is 7.03. The molecule has 124 valence electrons. The lowest BCUT2D eigenvalue weighted by Gasteiger charge is -2.13. The topological polar surface area (TPSA) is 61.5 Å². The summed E-state index contributed by atoms with van der Waals surface area (Å²) in [5, 5.41) is 0.531. The van der Waals surface area contributed by atoms with Gasteiger partial charge in [0.2, 0.25) is 0 Å². The number of benzene rings is 2. The number of halogens is 2. The molecule has 0 spiro atoms. The Kier molecular flexibility index (Phi) is 7.89. The number of carbonyl (C=O) groups is 1. The van der Waals surface area contributed by atoms with Gasteiger partial charge in [-0.1, -0.05) is 35.9 Å². The maximum atomic E-state index is 11.5. The number of hydrogen-bond acceptors (Lipinski definition) is 4. The van der Waals surface area contributed by atoms with E-state index >= 15 is 0 Å². The molecule has 0 radical (unpaired) electrons. The molecule has 0 fully saturated rings. The van der Waals surface area contributed by atoms with Crippen LogP contribution in [-0.2, 0) is 9.53 Å². The normalized spacial score (nSPS) is 11.3. The number of rotatable bonds is 6. The summed E-state index contributed by atoms with van der Waals surface area (Å²) < 4.78 is 10.7. The zero-order valence-electron chi connectivity index (χ0n) is 12.7. The number of para-hydroxylation sites is 1. The molecule has 0 heterocycles. The van der Waals surface area contributed by atoms with E-state index in [1.165, 1.54) is 0 Å². The van der Waals surface area contributed by atoms with E-state index in [1.54, 1.807) is 25.1 Å². The Morgan fingerprint density at radius 2 is 1.96 bits per heavy atom. The standard InChI is InChI=1S/C17H18ClNO3.ClH/c1-2-21-17(20)11-15(19)12-6-5-7-13(10-12)22-16-9-4-3-8-14(16)18;/h3-10,15H,2,11,19H2,1H3;1H. The van der Waals surface area contributed by atoms with Crippen molar-refractivity contribution in [1.82, 2.24) is 0 Å². The smallest absolute Gasteiger partial charge is 0.307 e. The van der Waals surface area contributed by atoms with Gasteiger partial charge in [-0.15, -0.1) is 12.4 Å². The highest BCUT2D eigenvalue weighted by Crippen LogP contribution is 2.30. The van der Waals surface area contributed by atoms with Crippen LogP contribution in [0, 0.1) is 0 Å². The zero-order valence-corrected chi connectivity index (χ0v) is 14.3. The van der Waals surface area contributed by atoms with Gasteiger partial charge < -0.3 is 15.2 Å². The molecule has 0 aliphatic carbocycles. The Morgan fingerprint density at radius 3 is 2.65 bits per heavy atom. The van der Waals surface area contributed by atoms with Crippen molar-refractivity contribution in [2.24, 2.45) is 5.73 Å². The minimum atomic E-state index is -0.436. The second kappa shape index (κ2) is 9.40. The van der Waals surface area contributed by atoms with Gasteiger partial charge in [-0.25, -0.2) is 0 Å². The highest BCUT2D eigenvalue weighted by atomic mass is 35.5. The Balaban J connectivity index is 0.00000264. The summed E-state index contributed by atoms with van der Waals surface area (Å²) in [5.74, 6) is 0.873. The maximum absolute atomic E-state index is 11.5. The Bertz CT molecular complexity index is 649. The number of carbonyl (C=O) groups excluding carboxylic acids is 1. The third kappa shape index (κ3) is 5.75. The summed E-state index contributed by atoms with van der Waals surface area (Å²) in [7, 11) is 0. The quantitative estimate of drug-likeness (QED) is 0.774. The lowest BCUT2D eigenvalue weighted by molar-refractivity contribution is -0.143. The number of esters is 1. The first-order valence-corrected chi connectivity index (χ1v) is 7.41. The molecule has 6 heteroatoms. The van der Waals surface area contributed by atoms with Gasteiger partial charge in [-0.05, 0) is 36.8 Å². The van der Waals surface area contributed by atoms with Gasteiger partial charge in [0.1, 0.15) is 11.5 Å². The SMILES string of the molecule is CCOC(=O)CC(N)c1cccc(Oc2ccccc2Cl)c1.Cl. The van der Waals surface area contributed by atoms with E-state index in [2.05, 4.69) is 0 Å². The third-order valence-corrected chi connectivity index (χ3v) is 3.35. The summed E-state index contributed by atoms with van der Waals surface area (Å²) in [6, 6.07) is 14.1. The molecule has 23 heavy (non-hydrogen) atoms. The Labute approximate surface area is 146 Å². The highest BCUT2D eigenvalue weighted by Gasteiger charge is 2.13. The summed E-state index contributed by atoms with van der Waals surface area (Å²) in [6.07, 6.45) is 0.128. The van der Waals surface area contributed by atoms with Crippen molar-refractivity contribution in [1.29, 1.82) is 0 Å². The van der Waals surface area contributed by atoms with Crippen molar-refractivity contribution >= 4 is 30.0 Å². The summed E-state index contributed by atoms with van der Waals surface area (Å²) in [5.41, 5.74) is 6.84.